The van der Waals surface area contributed by atoms with E-state index in [0.29, 0.717) is 0 Å². The summed E-state index contributed by atoms with van der Waals surface area (Å²) in [6, 6.07) is 0. The maximum Gasteiger partial charge on any atom is -0.00450 e. The molecular weight excluding hydrogens is 134 g/mol. The van der Waals surface area contributed by atoms with Gasteiger partial charge in [-0.15, -0.1) is 6.58 Å². The van der Waals surface area contributed by atoms with Gasteiger partial charge in [0.25, 0.3) is 0 Å². The van der Waals surface area contributed by atoms with Crippen molar-refractivity contribution in [3.05, 3.63) is 12.7 Å². The summed E-state index contributed by atoms with van der Waals surface area (Å²) in [4.78, 5) is 0. The predicted molar refractivity (Wildman–Crippen MR) is 49.0 cm³/mol. The molecule has 11 heavy (non-hydrogen) atoms. The fourth-order valence-corrected chi connectivity index (χ4v) is 1.83. The molecule has 0 amide bonds. The summed E-state index contributed by atoms with van der Waals surface area (Å²) in [6.45, 7) is 3.81. The predicted octanol–water partition coefficient (Wildman–Crippen LogP) is 3.02. The van der Waals surface area contributed by atoms with Crippen molar-refractivity contribution >= 4 is 6.21 Å². The molecule has 0 aliphatic heterocycles. The van der Waals surface area contributed by atoms with Crippen LogP contribution >= 0.6 is 0 Å². The van der Waals surface area contributed by atoms with Crippen molar-refractivity contribution in [1.29, 1.82) is 5.41 Å². The van der Waals surface area contributed by atoms with E-state index >= 15 is 0 Å². The maximum absolute atomic E-state index is 6.99. The van der Waals surface area contributed by atoms with Gasteiger partial charge in [-0.1, -0.05) is 6.08 Å². The SMILES string of the molecule is C=CC1CCC(CC=N)CC1. The summed E-state index contributed by atoms with van der Waals surface area (Å²) in [5.74, 6) is 1.56. The fourth-order valence-electron chi connectivity index (χ4n) is 1.83. The number of rotatable bonds is 3. The fraction of sp³-hybridized carbons (Fsp3) is 0.700. The lowest BCUT2D eigenvalue weighted by atomic mass is 9.81. The van der Waals surface area contributed by atoms with Gasteiger partial charge in [-0.2, -0.15) is 0 Å². The van der Waals surface area contributed by atoms with E-state index in [9.17, 15) is 0 Å². The molecule has 0 aromatic carbocycles. The lowest BCUT2D eigenvalue weighted by molar-refractivity contribution is 0.319. The van der Waals surface area contributed by atoms with Crippen molar-refractivity contribution in [2.24, 2.45) is 11.8 Å². The van der Waals surface area contributed by atoms with E-state index in [0.717, 1.165) is 18.3 Å². The van der Waals surface area contributed by atoms with Crippen LogP contribution in [0.15, 0.2) is 12.7 Å². The Hall–Kier alpha value is -0.590. The van der Waals surface area contributed by atoms with Crippen molar-refractivity contribution in [2.45, 2.75) is 32.1 Å². The molecule has 0 spiro atoms. The second-order valence-electron chi connectivity index (χ2n) is 3.46. The summed E-state index contributed by atoms with van der Waals surface area (Å²) >= 11 is 0. The zero-order chi connectivity index (χ0) is 8.10. The zero-order valence-corrected chi connectivity index (χ0v) is 7.05. The van der Waals surface area contributed by atoms with Crippen molar-refractivity contribution in [3.8, 4) is 0 Å². The van der Waals surface area contributed by atoms with Gasteiger partial charge in [0.05, 0.1) is 0 Å². The van der Waals surface area contributed by atoms with Gasteiger partial charge < -0.3 is 5.41 Å². The Bertz CT molecular complexity index is 132. The number of hydrogen-bond donors (Lipinski definition) is 1. The first-order valence-corrected chi connectivity index (χ1v) is 4.48. The van der Waals surface area contributed by atoms with Gasteiger partial charge in [0.15, 0.2) is 0 Å². The molecule has 1 rings (SSSR count). The molecule has 0 aromatic heterocycles. The smallest absolute Gasteiger partial charge is 0.00450 e. The average molecular weight is 151 g/mol. The van der Waals surface area contributed by atoms with Crippen LogP contribution in [0.25, 0.3) is 0 Å². The number of nitrogens with one attached hydrogen (secondary N) is 1. The standard InChI is InChI=1S/C10H17N/c1-2-9-3-5-10(6-4-9)7-8-11/h2,8-11H,1,3-7H2. The first-order chi connectivity index (χ1) is 5.36. The van der Waals surface area contributed by atoms with Crippen LogP contribution in [0, 0.1) is 17.2 Å². The van der Waals surface area contributed by atoms with Crippen molar-refractivity contribution in [2.75, 3.05) is 0 Å². The Labute approximate surface area is 69.0 Å². The molecule has 1 nitrogen and oxygen atoms in total. The third-order valence-electron chi connectivity index (χ3n) is 2.68. The van der Waals surface area contributed by atoms with Gasteiger partial charge in [0.2, 0.25) is 0 Å². The van der Waals surface area contributed by atoms with E-state index in [4.69, 9.17) is 5.41 Å². The normalized spacial score (nSPS) is 31.3. The van der Waals surface area contributed by atoms with Crippen LogP contribution in [0.2, 0.25) is 0 Å². The molecule has 0 saturated heterocycles. The summed E-state index contributed by atoms with van der Waals surface area (Å²) in [5.41, 5.74) is 0. The highest BCUT2D eigenvalue weighted by Crippen LogP contribution is 2.30. The Kier molecular flexibility index (Phi) is 3.34. The molecule has 1 saturated carbocycles. The lowest BCUT2D eigenvalue weighted by Gasteiger charge is -2.25. The molecule has 0 atom stereocenters. The van der Waals surface area contributed by atoms with Gasteiger partial charge in [0, 0.05) is 0 Å². The average Bonchev–Trinajstić information content (AvgIpc) is 2.07. The largest absolute Gasteiger partial charge is 0.313 e. The Balaban J connectivity index is 2.23. The van der Waals surface area contributed by atoms with Gasteiger partial charge in [0.1, 0.15) is 0 Å². The van der Waals surface area contributed by atoms with E-state index in [-0.39, 0.29) is 0 Å². The molecule has 1 aliphatic rings. The molecule has 1 fully saturated rings. The molecule has 0 heterocycles. The van der Waals surface area contributed by atoms with Gasteiger partial charge in [-0.3, -0.25) is 0 Å². The topological polar surface area (TPSA) is 23.9 Å². The Morgan fingerprint density at radius 1 is 1.27 bits per heavy atom. The highest BCUT2D eigenvalue weighted by Gasteiger charge is 2.17. The first kappa shape index (κ1) is 8.51. The van der Waals surface area contributed by atoms with E-state index in [1.165, 1.54) is 25.7 Å². The van der Waals surface area contributed by atoms with E-state index < -0.39 is 0 Å². The van der Waals surface area contributed by atoms with Gasteiger partial charge >= 0.3 is 0 Å². The molecule has 0 unspecified atom stereocenters. The number of allylic oxidation sites excluding steroid dienone is 1. The molecular formula is C10H17N. The summed E-state index contributed by atoms with van der Waals surface area (Å²) in [5, 5.41) is 6.99. The first-order valence-electron chi connectivity index (χ1n) is 4.48. The summed E-state index contributed by atoms with van der Waals surface area (Å²) in [7, 11) is 0. The third-order valence-corrected chi connectivity index (χ3v) is 2.68. The minimum atomic E-state index is 0.761. The third kappa shape index (κ3) is 2.49. The van der Waals surface area contributed by atoms with Gasteiger partial charge in [-0.05, 0) is 50.2 Å². The van der Waals surface area contributed by atoms with E-state index in [1.807, 2.05) is 0 Å². The molecule has 0 bridgehead atoms. The van der Waals surface area contributed by atoms with E-state index in [2.05, 4.69) is 12.7 Å². The van der Waals surface area contributed by atoms with Crippen LogP contribution in [0.3, 0.4) is 0 Å². The minimum absolute atomic E-state index is 0.761. The van der Waals surface area contributed by atoms with Crippen LogP contribution in [-0.4, -0.2) is 6.21 Å². The zero-order valence-electron chi connectivity index (χ0n) is 7.05. The highest BCUT2D eigenvalue weighted by atomic mass is 14.3. The molecule has 1 heteroatoms. The second-order valence-corrected chi connectivity index (χ2v) is 3.46. The monoisotopic (exact) mass is 151 g/mol. The molecule has 0 radical (unpaired) electrons. The highest BCUT2D eigenvalue weighted by molar-refractivity contribution is 5.53. The second kappa shape index (κ2) is 4.32. The van der Waals surface area contributed by atoms with Crippen LogP contribution in [0.1, 0.15) is 32.1 Å². The van der Waals surface area contributed by atoms with Crippen molar-refractivity contribution < 1.29 is 0 Å². The van der Waals surface area contributed by atoms with Crippen molar-refractivity contribution in [3.63, 3.8) is 0 Å². The Morgan fingerprint density at radius 2 is 1.91 bits per heavy atom. The molecule has 1 aliphatic carbocycles. The number of hydrogen-bond acceptors (Lipinski definition) is 1. The maximum atomic E-state index is 6.99. The van der Waals surface area contributed by atoms with Gasteiger partial charge in [-0.25, -0.2) is 0 Å². The molecule has 62 valence electrons. The van der Waals surface area contributed by atoms with Crippen LogP contribution < -0.4 is 0 Å². The minimum Gasteiger partial charge on any atom is -0.313 e. The summed E-state index contributed by atoms with van der Waals surface area (Å²) < 4.78 is 0. The quantitative estimate of drug-likeness (QED) is 0.473. The lowest BCUT2D eigenvalue weighted by Crippen LogP contribution is -2.12. The summed E-state index contributed by atoms with van der Waals surface area (Å²) in [6.07, 6.45) is 9.81. The molecule has 0 aromatic rings. The molecule has 1 N–H and O–H groups in total. The van der Waals surface area contributed by atoms with Crippen molar-refractivity contribution in [1.82, 2.24) is 0 Å². The Morgan fingerprint density at radius 3 is 2.36 bits per heavy atom. The van der Waals surface area contributed by atoms with E-state index in [1.54, 1.807) is 6.21 Å². The van der Waals surface area contributed by atoms with Crippen LogP contribution in [-0.2, 0) is 0 Å². The van der Waals surface area contributed by atoms with Crippen LogP contribution in [0.5, 0.6) is 0 Å². The van der Waals surface area contributed by atoms with Crippen LogP contribution in [0.4, 0.5) is 0 Å².